The van der Waals surface area contributed by atoms with Crippen molar-refractivity contribution in [3.05, 3.63) is 24.3 Å². The average Bonchev–Trinajstić information content (AvgIpc) is 2.30. The van der Waals surface area contributed by atoms with E-state index < -0.39 is 9.92 Å². The van der Waals surface area contributed by atoms with E-state index in [9.17, 15) is 4.21 Å². The van der Waals surface area contributed by atoms with Crippen molar-refractivity contribution in [2.75, 3.05) is 25.9 Å². The van der Waals surface area contributed by atoms with Crippen LogP contribution in [-0.2, 0) is 9.92 Å². The Bertz CT molecular complexity index is 461. The second kappa shape index (κ2) is 6.02. The highest BCUT2D eigenvalue weighted by atomic mass is 32.2. The van der Waals surface area contributed by atoms with Crippen molar-refractivity contribution < 1.29 is 4.21 Å². The van der Waals surface area contributed by atoms with Crippen LogP contribution in [0.2, 0.25) is 0 Å². The van der Waals surface area contributed by atoms with Crippen molar-refractivity contribution >= 4 is 15.6 Å². The van der Waals surface area contributed by atoms with Crippen LogP contribution < -0.4 is 5.73 Å². The van der Waals surface area contributed by atoms with Gasteiger partial charge in [-0.15, -0.1) is 0 Å². The highest BCUT2D eigenvalue weighted by Gasteiger charge is 2.17. The maximum Gasteiger partial charge on any atom is 0.139 e. The number of anilines is 1. The Kier molecular flexibility index (Phi) is 4.96. The molecule has 96 valence electrons. The minimum atomic E-state index is -2.47. The molecule has 0 bridgehead atoms. The Morgan fingerprint density at radius 2 is 1.88 bits per heavy atom. The van der Waals surface area contributed by atoms with Gasteiger partial charge >= 0.3 is 0 Å². The Balaban J connectivity index is 3.21. The quantitative estimate of drug-likeness (QED) is 0.821. The summed E-state index contributed by atoms with van der Waals surface area (Å²) in [5.74, 6) is 0. The standard InChI is InChI=1S/C12H21N3OS/c1-4-10-15(3)17(16,14-5-2)12-8-6-11(13)7-9-12/h6-9H,4-5,10,13H2,1-3H3. The highest BCUT2D eigenvalue weighted by Crippen LogP contribution is 2.19. The van der Waals surface area contributed by atoms with Gasteiger partial charge in [0.1, 0.15) is 9.92 Å². The minimum absolute atomic E-state index is 0.539. The fraction of sp³-hybridized carbons (Fsp3) is 0.500. The highest BCUT2D eigenvalue weighted by molar-refractivity contribution is 7.91. The molecule has 0 aromatic heterocycles. The SMILES string of the molecule is CCCN(C)S(=O)(=NCC)c1ccc(N)cc1. The third-order valence-corrected chi connectivity index (χ3v) is 4.97. The van der Waals surface area contributed by atoms with Crippen LogP contribution in [0, 0.1) is 0 Å². The number of hydrogen-bond acceptors (Lipinski definition) is 3. The van der Waals surface area contributed by atoms with E-state index >= 15 is 0 Å². The minimum Gasteiger partial charge on any atom is -0.399 e. The van der Waals surface area contributed by atoms with Crippen LogP contribution in [0.5, 0.6) is 0 Å². The second-order valence-electron chi connectivity index (χ2n) is 3.86. The first-order chi connectivity index (χ1) is 8.04. The van der Waals surface area contributed by atoms with E-state index in [0.29, 0.717) is 12.2 Å². The fourth-order valence-electron chi connectivity index (χ4n) is 1.61. The lowest BCUT2D eigenvalue weighted by Gasteiger charge is -2.21. The van der Waals surface area contributed by atoms with E-state index in [2.05, 4.69) is 11.3 Å². The molecule has 0 radical (unpaired) electrons. The molecule has 0 spiro atoms. The first-order valence-electron chi connectivity index (χ1n) is 5.84. The molecule has 0 amide bonds. The smallest absolute Gasteiger partial charge is 0.139 e. The lowest BCUT2D eigenvalue weighted by molar-refractivity contribution is 0.510. The Hall–Kier alpha value is -1.07. The Morgan fingerprint density at radius 1 is 1.29 bits per heavy atom. The molecule has 0 saturated heterocycles. The maximum absolute atomic E-state index is 12.9. The van der Waals surface area contributed by atoms with Crippen LogP contribution in [0.25, 0.3) is 0 Å². The van der Waals surface area contributed by atoms with Crippen LogP contribution in [0.4, 0.5) is 5.69 Å². The number of nitrogens with two attached hydrogens (primary N) is 1. The van der Waals surface area contributed by atoms with Gasteiger partial charge in [-0.1, -0.05) is 6.92 Å². The molecule has 5 heteroatoms. The van der Waals surface area contributed by atoms with Crippen molar-refractivity contribution in [1.82, 2.24) is 4.31 Å². The van der Waals surface area contributed by atoms with Crippen LogP contribution >= 0.6 is 0 Å². The lowest BCUT2D eigenvalue weighted by atomic mass is 10.3. The Morgan fingerprint density at radius 3 is 2.35 bits per heavy atom. The molecule has 0 fully saturated rings. The normalized spacial score (nSPS) is 14.6. The topological polar surface area (TPSA) is 58.7 Å². The average molecular weight is 255 g/mol. The van der Waals surface area contributed by atoms with Gasteiger partial charge in [0, 0.05) is 25.8 Å². The summed E-state index contributed by atoms with van der Waals surface area (Å²) in [6, 6.07) is 7.12. The Labute approximate surface area is 104 Å². The van der Waals surface area contributed by atoms with Crippen LogP contribution in [0.1, 0.15) is 20.3 Å². The number of rotatable bonds is 5. The molecular formula is C12H21N3OS. The fourth-order valence-corrected chi connectivity index (χ4v) is 3.59. The molecule has 0 aliphatic carbocycles. The molecule has 4 nitrogen and oxygen atoms in total. The van der Waals surface area contributed by atoms with E-state index in [1.54, 1.807) is 24.3 Å². The number of hydrogen-bond donors (Lipinski definition) is 1. The predicted octanol–water partition coefficient (Wildman–Crippen LogP) is 2.37. The zero-order valence-electron chi connectivity index (χ0n) is 10.7. The molecule has 0 heterocycles. The molecule has 1 aromatic rings. The third kappa shape index (κ3) is 3.20. The van der Waals surface area contributed by atoms with E-state index in [-0.39, 0.29) is 0 Å². The maximum atomic E-state index is 12.9. The van der Waals surface area contributed by atoms with Crippen molar-refractivity contribution in [2.45, 2.75) is 25.2 Å². The predicted molar refractivity (Wildman–Crippen MR) is 73.2 cm³/mol. The second-order valence-corrected chi connectivity index (χ2v) is 6.21. The van der Waals surface area contributed by atoms with E-state index in [4.69, 9.17) is 5.73 Å². The molecule has 1 atom stereocenters. The number of nitrogens with zero attached hydrogens (tertiary/aromatic N) is 2. The van der Waals surface area contributed by atoms with Crippen molar-refractivity contribution in [3.63, 3.8) is 0 Å². The van der Waals surface area contributed by atoms with Gasteiger partial charge in [-0.2, -0.15) is 0 Å². The molecule has 0 aliphatic rings. The number of nitrogen functional groups attached to an aromatic ring is 1. The summed E-state index contributed by atoms with van der Waals surface area (Å²) in [5, 5.41) is 0. The monoisotopic (exact) mass is 255 g/mol. The molecule has 17 heavy (non-hydrogen) atoms. The van der Waals surface area contributed by atoms with Gasteiger partial charge in [0.25, 0.3) is 0 Å². The van der Waals surface area contributed by atoms with Crippen LogP contribution in [-0.4, -0.2) is 28.7 Å². The van der Waals surface area contributed by atoms with E-state index in [1.165, 1.54) is 0 Å². The summed E-state index contributed by atoms with van der Waals surface area (Å²) in [5.41, 5.74) is 6.31. The van der Waals surface area contributed by atoms with Gasteiger partial charge in [0.15, 0.2) is 0 Å². The summed E-state index contributed by atoms with van der Waals surface area (Å²) < 4.78 is 19.0. The first kappa shape index (κ1) is 14.0. The van der Waals surface area contributed by atoms with E-state index in [1.807, 2.05) is 18.3 Å². The summed E-state index contributed by atoms with van der Waals surface area (Å²) in [7, 11) is -0.624. The van der Waals surface area contributed by atoms with E-state index in [0.717, 1.165) is 17.9 Å². The third-order valence-electron chi connectivity index (χ3n) is 2.45. The van der Waals surface area contributed by atoms with Gasteiger partial charge in [-0.25, -0.2) is 12.9 Å². The molecule has 2 N–H and O–H groups in total. The largest absolute Gasteiger partial charge is 0.399 e. The summed E-state index contributed by atoms with van der Waals surface area (Å²) in [4.78, 5) is 0.726. The van der Waals surface area contributed by atoms with Gasteiger partial charge in [-0.05, 0) is 37.6 Å². The van der Waals surface area contributed by atoms with Gasteiger partial charge in [-0.3, -0.25) is 0 Å². The van der Waals surface area contributed by atoms with Gasteiger partial charge < -0.3 is 5.73 Å². The van der Waals surface area contributed by atoms with Crippen LogP contribution in [0.3, 0.4) is 0 Å². The lowest BCUT2D eigenvalue weighted by Crippen LogP contribution is -2.27. The molecule has 0 saturated carbocycles. The number of benzene rings is 1. The van der Waals surface area contributed by atoms with Gasteiger partial charge in [0.05, 0.1) is 4.90 Å². The summed E-state index contributed by atoms with van der Waals surface area (Å²) in [6.07, 6.45) is 0.946. The molecular weight excluding hydrogens is 234 g/mol. The molecule has 1 unspecified atom stereocenters. The first-order valence-corrected chi connectivity index (χ1v) is 7.31. The van der Waals surface area contributed by atoms with Crippen molar-refractivity contribution in [2.24, 2.45) is 4.36 Å². The molecule has 1 aromatic carbocycles. The van der Waals surface area contributed by atoms with Gasteiger partial charge in [0.2, 0.25) is 0 Å². The zero-order valence-corrected chi connectivity index (χ0v) is 11.5. The summed E-state index contributed by atoms with van der Waals surface area (Å²) in [6.45, 7) is 5.26. The summed E-state index contributed by atoms with van der Waals surface area (Å²) >= 11 is 0. The van der Waals surface area contributed by atoms with Crippen molar-refractivity contribution in [1.29, 1.82) is 0 Å². The molecule has 0 aliphatic heterocycles. The van der Waals surface area contributed by atoms with Crippen molar-refractivity contribution in [3.8, 4) is 0 Å². The van der Waals surface area contributed by atoms with Crippen LogP contribution in [0.15, 0.2) is 33.5 Å². The molecule has 1 rings (SSSR count). The zero-order chi connectivity index (χ0) is 12.9.